The smallest absolute Gasteiger partial charge is 0.156 e. The number of halogens is 2. The fourth-order valence-electron chi connectivity index (χ4n) is 4.44. The fourth-order valence-corrected chi connectivity index (χ4v) is 4.79. The second-order valence-corrected chi connectivity index (χ2v) is 10.1. The highest BCUT2D eigenvalue weighted by molar-refractivity contribution is 7.16. The fraction of sp³-hybridized carbons (Fsp3) is 0.581. The Balaban J connectivity index is 0.000000720. The number of aromatic nitrogens is 2. The molecule has 1 fully saturated rings. The lowest BCUT2D eigenvalue weighted by Crippen LogP contribution is -2.35. The van der Waals surface area contributed by atoms with Crippen molar-refractivity contribution in [3.63, 3.8) is 0 Å². The molecular formula is C31H48F2N5P. The summed E-state index contributed by atoms with van der Waals surface area (Å²) in [6.07, 6.45) is 16.3. The summed E-state index contributed by atoms with van der Waals surface area (Å²) in [5, 5.41) is 9.78. The monoisotopic (exact) mass is 559 g/mol. The molecule has 216 valence electrons. The quantitative estimate of drug-likeness (QED) is 0.170. The number of allylic oxidation sites excluding steroid dienone is 8. The number of nitriles is 1. The third-order valence-electron chi connectivity index (χ3n) is 7.07. The van der Waals surface area contributed by atoms with Crippen molar-refractivity contribution in [3.8, 4) is 6.07 Å². The van der Waals surface area contributed by atoms with Crippen molar-refractivity contribution in [1.29, 1.82) is 5.26 Å². The van der Waals surface area contributed by atoms with Crippen LogP contribution in [0.5, 0.6) is 0 Å². The van der Waals surface area contributed by atoms with Crippen molar-refractivity contribution in [2.45, 2.75) is 99.0 Å². The molecule has 2 aliphatic rings. The van der Waals surface area contributed by atoms with E-state index in [0.717, 1.165) is 17.1 Å². The van der Waals surface area contributed by atoms with Crippen molar-refractivity contribution in [1.82, 2.24) is 15.4 Å². The van der Waals surface area contributed by atoms with Gasteiger partial charge in [-0.05, 0) is 68.0 Å². The maximum Gasteiger partial charge on any atom is 0.156 e. The molecule has 1 aromatic heterocycles. The van der Waals surface area contributed by atoms with Gasteiger partial charge in [-0.1, -0.05) is 65.9 Å². The summed E-state index contributed by atoms with van der Waals surface area (Å²) in [6.45, 7) is 11.5. The Bertz CT molecular complexity index is 1030. The van der Waals surface area contributed by atoms with Crippen molar-refractivity contribution in [2.24, 2.45) is 5.92 Å². The minimum Gasteiger partial charge on any atom is -0.318 e. The topological polar surface area (TPSA) is 73.6 Å². The highest BCUT2D eigenvalue weighted by atomic mass is 31.0. The highest BCUT2D eigenvalue weighted by Gasteiger charge is 2.18. The molecule has 0 radical (unpaired) electrons. The zero-order valence-corrected chi connectivity index (χ0v) is 25.9. The van der Waals surface area contributed by atoms with Gasteiger partial charge in [-0.2, -0.15) is 5.26 Å². The van der Waals surface area contributed by atoms with E-state index in [1.165, 1.54) is 38.2 Å². The number of nitrogens with zero attached hydrogens (tertiary/aromatic N) is 3. The summed E-state index contributed by atoms with van der Waals surface area (Å²) < 4.78 is 27.1. The molecule has 1 saturated carbocycles. The van der Waals surface area contributed by atoms with Crippen LogP contribution < -0.4 is 10.9 Å². The van der Waals surface area contributed by atoms with Crippen molar-refractivity contribution in [2.75, 3.05) is 18.3 Å². The molecule has 1 heterocycles. The molecule has 1 aromatic rings. The largest absolute Gasteiger partial charge is 0.318 e. The Kier molecular flexibility index (Phi) is 17.4. The molecular weight excluding hydrogens is 511 g/mol. The van der Waals surface area contributed by atoms with Gasteiger partial charge >= 0.3 is 0 Å². The van der Waals surface area contributed by atoms with Crippen LogP contribution >= 0.6 is 9.24 Å². The summed E-state index contributed by atoms with van der Waals surface area (Å²) in [4.78, 5) is 8.67. The van der Waals surface area contributed by atoms with Gasteiger partial charge in [0.05, 0.1) is 30.3 Å². The molecule has 2 N–H and O–H groups in total. The third kappa shape index (κ3) is 11.3. The van der Waals surface area contributed by atoms with Gasteiger partial charge in [0.2, 0.25) is 0 Å². The van der Waals surface area contributed by atoms with Gasteiger partial charge in [0, 0.05) is 11.6 Å². The molecule has 0 aliphatic heterocycles. The molecule has 0 aromatic carbocycles. The standard InChI is InChI=1S/C22H28F2N5P.C7H14.C2H6/c1-4-16-6-5-14(2)19(9-21(16)24)20(10-25)15(3)22-26-11-18(12-27-22)29-28-17(13-30)7-8-23;1-2-7-5-3-4-6-7;1-2/h5,9,11-12,17,28-29H,4,6-8,13,30H2,1-3H3;7H,2-6H2,1H3;1-2H3/b20-15+;;. The summed E-state index contributed by atoms with van der Waals surface area (Å²) in [6, 6.07) is 2.17. The molecule has 8 heteroatoms. The van der Waals surface area contributed by atoms with E-state index in [1.807, 2.05) is 33.8 Å². The van der Waals surface area contributed by atoms with Crippen molar-refractivity contribution < 1.29 is 8.78 Å². The van der Waals surface area contributed by atoms with E-state index in [9.17, 15) is 14.0 Å². The van der Waals surface area contributed by atoms with Crippen LogP contribution in [0.2, 0.25) is 0 Å². The van der Waals surface area contributed by atoms with Gasteiger partial charge < -0.3 is 5.43 Å². The minimum atomic E-state index is -0.399. The van der Waals surface area contributed by atoms with Crippen LogP contribution in [0.4, 0.5) is 14.5 Å². The average molecular weight is 560 g/mol. The van der Waals surface area contributed by atoms with Crippen LogP contribution in [0.15, 0.2) is 52.7 Å². The van der Waals surface area contributed by atoms with Gasteiger partial charge in [0.15, 0.2) is 5.82 Å². The van der Waals surface area contributed by atoms with Gasteiger partial charge in [0.25, 0.3) is 0 Å². The highest BCUT2D eigenvalue weighted by Crippen LogP contribution is 2.32. The lowest BCUT2D eigenvalue weighted by molar-refractivity contribution is 0.425. The second-order valence-electron chi connectivity index (χ2n) is 9.60. The molecule has 0 amide bonds. The van der Waals surface area contributed by atoms with Gasteiger partial charge in [-0.25, -0.2) is 19.8 Å². The van der Waals surface area contributed by atoms with E-state index in [4.69, 9.17) is 0 Å². The first-order valence-electron chi connectivity index (χ1n) is 14.4. The van der Waals surface area contributed by atoms with E-state index < -0.39 is 6.67 Å². The first kappa shape index (κ1) is 34.6. The molecule has 2 atom stereocenters. The van der Waals surface area contributed by atoms with Crippen LogP contribution in [0.3, 0.4) is 0 Å². The molecule has 5 nitrogen and oxygen atoms in total. The van der Waals surface area contributed by atoms with E-state index in [-0.39, 0.29) is 11.9 Å². The maximum atomic E-state index is 14.5. The van der Waals surface area contributed by atoms with Crippen molar-refractivity contribution >= 4 is 20.5 Å². The Hall–Kier alpha value is -2.42. The van der Waals surface area contributed by atoms with Gasteiger partial charge in [0.1, 0.15) is 11.9 Å². The van der Waals surface area contributed by atoms with Crippen LogP contribution in [-0.4, -0.2) is 28.8 Å². The van der Waals surface area contributed by atoms with Gasteiger partial charge in [-0.15, -0.1) is 9.24 Å². The molecule has 0 spiro atoms. The van der Waals surface area contributed by atoms with Crippen LogP contribution in [0.25, 0.3) is 5.57 Å². The molecule has 0 saturated heterocycles. The average Bonchev–Trinajstić information content (AvgIpc) is 3.46. The molecule has 3 rings (SSSR count). The van der Waals surface area contributed by atoms with E-state index >= 15 is 0 Å². The van der Waals surface area contributed by atoms with E-state index in [1.54, 1.807) is 19.3 Å². The lowest BCUT2D eigenvalue weighted by Gasteiger charge is -2.16. The number of nitrogens with one attached hydrogen (secondary N) is 2. The van der Waals surface area contributed by atoms with Crippen LogP contribution in [0.1, 0.15) is 98.7 Å². The summed E-state index contributed by atoms with van der Waals surface area (Å²) >= 11 is 0. The molecule has 2 unspecified atom stereocenters. The van der Waals surface area contributed by atoms with E-state index in [0.29, 0.717) is 53.7 Å². The number of hydrogen-bond donors (Lipinski definition) is 2. The van der Waals surface area contributed by atoms with Gasteiger partial charge in [-0.3, -0.25) is 4.39 Å². The molecule has 0 bridgehead atoms. The second kappa shape index (κ2) is 19.6. The normalized spacial score (nSPS) is 16.8. The number of anilines is 1. The minimum absolute atomic E-state index is 0.0283. The Labute approximate surface area is 237 Å². The molecule has 39 heavy (non-hydrogen) atoms. The van der Waals surface area contributed by atoms with Crippen molar-refractivity contribution in [3.05, 3.63) is 58.5 Å². The zero-order valence-electron chi connectivity index (χ0n) is 24.7. The number of hydrogen-bond acceptors (Lipinski definition) is 5. The predicted octanol–water partition coefficient (Wildman–Crippen LogP) is 8.82. The predicted molar refractivity (Wildman–Crippen MR) is 164 cm³/mol. The first-order valence-corrected chi connectivity index (χ1v) is 15.2. The number of alkyl halides is 1. The summed E-state index contributed by atoms with van der Waals surface area (Å²) in [5.41, 5.74) is 9.67. The third-order valence-corrected chi connectivity index (χ3v) is 7.64. The Morgan fingerprint density at radius 2 is 1.85 bits per heavy atom. The summed E-state index contributed by atoms with van der Waals surface area (Å²) in [7, 11) is 2.58. The summed E-state index contributed by atoms with van der Waals surface area (Å²) in [5.74, 6) is 1.20. The van der Waals surface area contributed by atoms with Crippen LogP contribution in [0, 0.1) is 17.2 Å². The first-order chi connectivity index (χ1) is 18.9. The number of rotatable bonds is 10. The van der Waals surface area contributed by atoms with E-state index in [2.05, 4.69) is 43.1 Å². The molecule has 2 aliphatic carbocycles. The Morgan fingerprint density at radius 3 is 2.33 bits per heavy atom. The SMILES string of the molecule is CC.CCC1=C(F)C=C(/C(C#N)=C(\C)c2ncc(NNC(CP)CCF)cn2)C(C)=CC1.CCC1CCCC1. The zero-order chi connectivity index (χ0) is 29.2. The number of hydrazine groups is 1. The maximum absolute atomic E-state index is 14.5. The van der Waals surface area contributed by atoms with Crippen LogP contribution in [-0.2, 0) is 0 Å². The Morgan fingerprint density at radius 1 is 1.21 bits per heavy atom. The lowest BCUT2D eigenvalue weighted by atomic mass is 9.95.